The molecule has 0 saturated carbocycles. The number of amides is 2. The molecule has 1 aliphatic heterocycles. The number of thioether (sulfide) groups is 1. The van der Waals surface area contributed by atoms with E-state index >= 15 is 0 Å². The molecule has 0 aliphatic carbocycles. The summed E-state index contributed by atoms with van der Waals surface area (Å²) in [6.45, 7) is 5.65. The fourth-order valence-corrected chi connectivity index (χ4v) is 5.30. The molecule has 2 aromatic carbocycles. The van der Waals surface area contributed by atoms with Crippen LogP contribution in [0.5, 0.6) is 0 Å². The topological polar surface area (TPSA) is 77.2 Å². The van der Waals surface area contributed by atoms with Crippen LogP contribution in [0.1, 0.15) is 28.3 Å². The van der Waals surface area contributed by atoms with Crippen LogP contribution in [-0.4, -0.2) is 30.4 Å². The maximum atomic E-state index is 13.3. The molecule has 3 heterocycles. The minimum atomic E-state index is -0.370. The van der Waals surface area contributed by atoms with Crippen LogP contribution in [0.2, 0.25) is 5.02 Å². The van der Waals surface area contributed by atoms with Crippen LogP contribution in [0, 0.1) is 20.8 Å². The molecule has 1 fully saturated rings. The second-order valence-corrected chi connectivity index (χ2v) is 9.69. The number of benzene rings is 2. The van der Waals surface area contributed by atoms with Gasteiger partial charge in [0.2, 0.25) is 0 Å². The number of nitrogens with zero attached hydrogens (tertiary/aromatic N) is 4. The first-order chi connectivity index (χ1) is 16.8. The van der Waals surface area contributed by atoms with E-state index in [1.807, 2.05) is 44.2 Å². The van der Waals surface area contributed by atoms with Gasteiger partial charge in [-0.2, -0.15) is 4.68 Å². The van der Waals surface area contributed by atoms with Crippen molar-refractivity contribution in [3.63, 3.8) is 0 Å². The lowest BCUT2D eigenvalue weighted by atomic mass is 10.2. The van der Waals surface area contributed by atoms with E-state index in [1.54, 1.807) is 41.9 Å². The lowest BCUT2D eigenvalue weighted by molar-refractivity contribution is -0.123. The van der Waals surface area contributed by atoms with E-state index in [2.05, 4.69) is 4.98 Å². The third-order valence-electron chi connectivity index (χ3n) is 6.00. The zero-order valence-electron chi connectivity index (χ0n) is 19.3. The number of imide groups is 1. The normalized spacial score (nSPS) is 15.1. The molecule has 1 aliphatic rings. The molecule has 35 heavy (non-hydrogen) atoms. The van der Waals surface area contributed by atoms with Gasteiger partial charge in [-0.15, -0.1) is 0 Å². The minimum absolute atomic E-state index is 0.109. The van der Waals surface area contributed by atoms with Gasteiger partial charge < -0.3 is 0 Å². The number of aromatic nitrogens is 3. The van der Waals surface area contributed by atoms with E-state index in [9.17, 15) is 14.4 Å². The van der Waals surface area contributed by atoms with Crippen molar-refractivity contribution in [3.05, 3.63) is 103 Å². The Kier molecular flexibility index (Phi) is 5.86. The molecule has 0 atom stereocenters. The molecule has 0 bridgehead atoms. The highest BCUT2D eigenvalue weighted by Crippen LogP contribution is 2.35. The average molecular weight is 505 g/mol. The highest BCUT2D eigenvalue weighted by molar-refractivity contribution is 8.18. The fourth-order valence-electron chi connectivity index (χ4n) is 4.28. The molecular weight excluding hydrogens is 484 g/mol. The summed E-state index contributed by atoms with van der Waals surface area (Å²) in [6, 6.07) is 16.2. The third kappa shape index (κ3) is 3.98. The number of carbonyl (C=O) groups excluding carboxylic acids is 2. The van der Waals surface area contributed by atoms with Crippen molar-refractivity contribution in [2.75, 3.05) is 0 Å². The molecule has 2 aromatic heterocycles. The van der Waals surface area contributed by atoms with Gasteiger partial charge in [-0.1, -0.05) is 41.9 Å². The van der Waals surface area contributed by atoms with Crippen LogP contribution in [0.4, 0.5) is 4.79 Å². The lowest BCUT2D eigenvalue weighted by Gasteiger charge is -2.16. The summed E-state index contributed by atoms with van der Waals surface area (Å²) in [5, 5.41) is 0.678. The summed E-state index contributed by atoms with van der Waals surface area (Å²) < 4.78 is 3.32. The van der Waals surface area contributed by atoms with Crippen LogP contribution >= 0.6 is 23.4 Å². The Bertz CT molecular complexity index is 1620. The van der Waals surface area contributed by atoms with E-state index in [0.717, 1.165) is 28.7 Å². The number of para-hydroxylation sites is 1. The van der Waals surface area contributed by atoms with Gasteiger partial charge in [-0.3, -0.25) is 24.0 Å². The first-order valence-electron chi connectivity index (χ1n) is 10.9. The van der Waals surface area contributed by atoms with E-state index in [4.69, 9.17) is 11.6 Å². The average Bonchev–Trinajstić information content (AvgIpc) is 3.25. The molecular formula is C26H21ClN4O3S. The number of hydrogen-bond donors (Lipinski definition) is 0. The molecule has 4 aromatic rings. The fraction of sp³-hybridized carbons (Fsp3) is 0.154. The van der Waals surface area contributed by atoms with Gasteiger partial charge in [0, 0.05) is 16.4 Å². The number of halogens is 1. The summed E-state index contributed by atoms with van der Waals surface area (Å²) in [7, 11) is 0. The first-order valence-corrected chi connectivity index (χ1v) is 12.1. The van der Waals surface area contributed by atoms with Crippen LogP contribution < -0.4 is 5.56 Å². The summed E-state index contributed by atoms with van der Waals surface area (Å²) in [4.78, 5) is 45.1. The molecule has 0 spiro atoms. The van der Waals surface area contributed by atoms with Crippen molar-refractivity contribution in [1.82, 2.24) is 19.2 Å². The summed E-state index contributed by atoms with van der Waals surface area (Å²) in [5.74, 6) is 0.174. The molecule has 0 N–H and O–H groups in total. The second kappa shape index (κ2) is 8.87. The van der Waals surface area contributed by atoms with Gasteiger partial charge in [0.1, 0.15) is 5.82 Å². The predicted molar refractivity (Wildman–Crippen MR) is 138 cm³/mol. The molecule has 1 saturated heterocycles. The Morgan fingerprint density at radius 2 is 1.69 bits per heavy atom. The number of rotatable bonds is 4. The predicted octanol–water partition coefficient (Wildman–Crippen LogP) is 5.32. The molecule has 7 nitrogen and oxygen atoms in total. The van der Waals surface area contributed by atoms with Gasteiger partial charge in [0.25, 0.3) is 16.7 Å². The standard InChI is InChI=1S/C26H21ClN4O3S/c1-15-12-19(13-23-25(33)29(26(34)35-23)14-18-8-4-6-10-21(18)27)16(2)30(15)31-17(3)28-22-11-7-5-9-20(22)24(31)32/h4-13H,14H2,1-3H3. The molecule has 2 amide bonds. The first kappa shape index (κ1) is 23.1. The van der Waals surface area contributed by atoms with Gasteiger partial charge in [-0.05, 0) is 74.0 Å². The number of hydrogen-bond acceptors (Lipinski definition) is 5. The van der Waals surface area contributed by atoms with Gasteiger partial charge in [0.15, 0.2) is 0 Å². The molecule has 9 heteroatoms. The Labute approximate surface area is 210 Å². The summed E-state index contributed by atoms with van der Waals surface area (Å²) in [5.41, 5.74) is 3.46. The van der Waals surface area contributed by atoms with Gasteiger partial charge in [-0.25, -0.2) is 4.98 Å². The Balaban J connectivity index is 1.53. The Morgan fingerprint density at radius 3 is 2.46 bits per heavy atom. The Hall–Kier alpha value is -3.62. The zero-order valence-corrected chi connectivity index (χ0v) is 20.9. The smallest absolute Gasteiger partial charge is 0.268 e. The van der Waals surface area contributed by atoms with Crippen molar-refractivity contribution in [3.8, 4) is 0 Å². The molecule has 0 radical (unpaired) electrons. The SMILES string of the molecule is Cc1cc(C=C2SC(=O)N(Cc3ccccc3Cl)C2=O)c(C)n1-n1c(C)nc2ccccc2c1=O. The van der Waals surface area contributed by atoms with E-state index < -0.39 is 0 Å². The zero-order chi connectivity index (χ0) is 24.9. The minimum Gasteiger partial charge on any atom is -0.268 e. The van der Waals surface area contributed by atoms with Crippen molar-refractivity contribution >= 4 is 51.5 Å². The quantitative estimate of drug-likeness (QED) is 0.351. The number of fused-ring (bicyclic) bond motifs is 1. The highest BCUT2D eigenvalue weighted by atomic mass is 35.5. The number of aryl methyl sites for hydroxylation is 2. The largest absolute Gasteiger partial charge is 0.293 e. The van der Waals surface area contributed by atoms with Crippen LogP contribution in [-0.2, 0) is 11.3 Å². The summed E-state index contributed by atoms with van der Waals surface area (Å²) >= 11 is 7.11. The van der Waals surface area contributed by atoms with Gasteiger partial charge >= 0.3 is 0 Å². The highest BCUT2D eigenvalue weighted by Gasteiger charge is 2.35. The van der Waals surface area contributed by atoms with Crippen molar-refractivity contribution < 1.29 is 9.59 Å². The molecule has 0 unspecified atom stereocenters. The van der Waals surface area contributed by atoms with Crippen molar-refractivity contribution in [2.45, 2.75) is 27.3 Å². The third-order valence-corrected chi connectivity index (χ3v) is 7.27. The second-order valence-electron chi connectivity index (χ2n) is 8.29. The summed E-state index contributed by atoms with van der Waals surface area (Å²) in [6.07, 6.45) is 1.70. The van der Waals surface area contributed by atoms with Crippen molar-refractivity contribution in [2.24, 2.45) is 0 Å². The number of carbonyl (C=O) groups is 2. The molecule has 5 rings (SSSR count). The lowest BCUT2D eigenvalue weighted by Crippen LogP contribution is -2.30. The maximum Gasteiger partial charge on any atom is 0.293 e. The van der Waals surface area contributed by atoms with Crippen LogP contribution in [0.25, 0.3) is 17.0 Å². The van der Waals surface area contributed by atoms with Crippen LogP contribution in [0.15, 0.2) is 64.3 Å². The van der Waals surface area contributed by atoms with E-state index in [1.165, 1.54) is 9.58 Å². The Morgan fingerprint density at radius 1 is 0.971 bits per heavy atom. The monoisotopic (exact) mass is 504 g/mol. The maximum absolute atomic E-state index is 13.3. The van der Waals surface area contributed by atoms with E-state index in [0.29, 0.717) is 32.2 Å². The van der Waals surface area contributed by atoms with Crippen LogP contribution in [0.3, 0.4) is 0 Å². The van der Waals surface area contributed by atoms with Gasteiger partial charge in [0.05, 0.1) is 22.4 Å². The van der Waals surface area contributed by atoms with E-state index in [-0.39, 0.29) is 23.3 Å². The van der Waals surface area contributed by atoms with Crippen molar-refractivity contribution in [1.29, 1.82) is 0 Å². The molecule has 176 valence electrons.